The molecule has 2 N–H and O–H groups in total. The van der Waals surface area contributed by atoms with E-state index in [1.54, 1.807) is 58.8 Å². The van der Waals surface area contributed by atoms with Gasteiger partial charge in [0.25, 0.3) is 5.91 Å². The van der Waals surface area contributed by atoms with Crippen molar-refractivity contribution in [1.29, 1.82) is 0 Å². The molecule has 1 aliphatic rings. The lowest BCUT2D eigenvalue weighted by Gasteiger charge is -2.39. The molecule has 11 nitrogen and oxygen atoms in total. The second kappa shape index (κ2) is 12.1. The van der Waals surface area contributed by atoms with Gasteiger partial charge in [0.05, 0.1) is 11.6 Å². The summed E-state index contributed by atoms with van der Waals surface area (Å²) in [5.41, 5.74) is 1.74. The molecule has 1 aliphatic heterocycles. The maximum Gasteiger partial charge on any atom is 0.490 e. The number of pyridine rings is 1. The zero-order valence-corrected chi connectivity index (χ0v) is 21.3. The summed E-state index contributed by atoms with van der Waals surface area (Å²) in [6.45, 7) is 2.03. The number of urea groups is 1. The molecule has 4 rings (SSSR count). The van der Waals surface area contributed by atoms with Crippen LogP contribution in [0.3, 0.4) is 0 Å². The minimum Gasteiger partial charge on any atom is -0.475 e. The van der Waals surface area contributed by atoms with Crippen LogP contribution in [0.15, 0.2) is 42.6 Å². The summed E-state index contributed by atoms with van der Waals surface area (Å²) >= 11 is 0. The van der Waals surface area contributed by atoms with E-state index in [1.165, 1.54) is 12.1 Å². The van der Waals surface area contributed by atoms with E-state index in [9.17, 15) is 27.2 Å². The Bertz CT molecular complexity index is 1350. The van der Waals surface area contributed by atoms with E-state index in [1.807, 2.05) is 7.05 Å². The number of carboxylic acids is 1. The number of hydrogen-bond acceptors (Lipinski definition) is 6. The van der Waals surface area contributed by atoms with Gasteiger partial charge >= 0.3 is 18.2 Å². The fourth-order valence-electron chi connectivity index (χ4n) is 3.81. The quantitative estimate of drug-likeness (QED) is 0.476. The zero-order chi connectivity index (χ0) is 28.9. The normalized spacial score (nSPS) is 15.9. The third-order valence-electron chi connectivity index (χ3n) is 5.87. The van der Waals surface area contributed by atoms with Crippen molar-refractivity contribution in [3.63, 3.8) is 0 Å². The van der Waals surface area contributed by atoms with Crippen molar-refractivity contribution >= 4 is 23.6 Å². The van der Waals surface area contributed by atoms with Gasteiger partial charge in [0, 0.05) is 46.5 Å². The molecule has 0 spiro atoms. The van der Waals surface area contributed by atoms with E-state index in [2.05, 4.69) is 20.4 Å². The highest BCUT2D eigenvalue weighted by atomic mass is 19.4. The number of benzene rings is 1. The predicted molar refractivity (Wildman–Crippen MR) is 130 cm³/mol. The van der Waals surface area contributed by atoms with Gasteiger partial charge in [-0.25, -0.2) is 14.0 Å². The average Bonchev–Trinajstić information content (AvgIpc) is 3.30. The summed E-state index contributed by atoms with van der Waals surface area (Å²) in [6.07, 6.45) is -3.38. The Morgan fingerprint density at radius 1 is 1.13 bits per heavy atom. The number of carbonyl (C=O) groups excluding carboxylic acids is 2. The third-order valence-corrected chi connectivity index (χ3v) is 5.87. The second-order valence-corrected chi connectivity index (χ2v) is 8.94. The van der Waals surface area contributed by atoms with Gasteiger partial charge in [-0.1, -0.05) is 12.1 Å². The van der Waals surface area contributed by atoms with Crippen LogP contribution in [-0.4, -0.2) is 99.3 Å². The molecular weight excluding hydrogens is 526 g/mol. The van der Waals surface area contributed by atoms with Gasteiger partial charge < -0.3 is 20.2 Å². The largest absolute Gasteiger partial charge is 0.490 e. The van der Waals surface area contributed by atoms with Crippen LogP contribution >= 0.6 is 0 Å². The van der Waals surface area contributed by atoms with Gasteiger partial charge in [-0.15, -0.1) is 10.2 Å². The molecule has 15 heteroatoms. The Kier molecular flexibility index (Phi) is 9.06. The molecule has 1 fully saturated rings. The van der Waals surface area contributed by atoms with E-state index >= 15 is 0 Å². The highest BCUT2D eigenvalue weighted by molar-refractivity contribution is 5.94. The van der Waals surface area contributed by atoms with Crippen LogP contribution in [0, 0.1) is 5.82 Å². The lowest BCUT2D eigenvalue weighted by Crippen LogP contribution is -2.52. The van der Waals surface area contributed by atoms with Gasteiger partial charge in [-0.05, 0) is 36.9 Å². The number of carbonyl (C=O) groups is 3. The molecule has 3 amide bonds. The van der Waals surface area contributed by atoms with Crippen LogP contribution in [-0.2, 0) is 11.3 Å². The van der Waals surface area contributed by atoms with Crippen molar-refractivity contribution in [2.75, 3.05) is 40.8 Å². The molecule has 0 aliphatic carbocycles. The molecule has 1 aromatic carbocycles. The second-order valence-electron chi connectivity index (χ2n) is 8.94. The number of amides is 3. The summed E-state index contributed by atoms with van der Waals surface area (Å²) in [6, 6.07) is 9.33. The Morgan fingerprint density at radius 3 is 2.44 bits per heavy atom. The van der Waals surface area contributed by atoms with Gasteiger partial charge in [0.2, 0.25) is 0 Å². The maximum atomic E-state index is 13.4. The number of aromatic nitrogens is 3. The highest BCUT2D eigenvalue weighted by Crippen LogP contribution is 2.24. The van der Waals surface area contributed by atoms with E-state index in [-0.39, 0.29) is 30.3 Å². The Balaban J connectivity index is 0.000000532. The van der Waals surface area contributed by atoms with Gasteiger partial charge in [0.1, 0.15) is 5.82 Å². The fraction of sp³-hybridized carbons (Fsp3) is 0.375. The van der Waals surface area contributed by atoms with E-state index in [4.69, 9.17) is 9.90 Å². The van der Waals surface area contributed by atoms with E-state index in [0.717, 1.165) is 0 Å². The average molecular weight is 554 g/mol. The molecule has 1 saturated heterocycles. The number of rotatable bonds is 4. The van der Waals surface area contributed by atoms with Crippen molar-refractivity contribution in [2.45, 2.75) is 18.8 Å². The summed E-state index contributed by atoms with van der Waals surface area (Å²) < 4.78 is 46.9. The van der Waals surface area contributed by atoms with Gasteiger partial charge in [0.15, 0.2) is 11.5 Å². The minimum atomic E-state index is -5.08. The van der Waals surface area contributed by atoms with Crippen LogP contribution in [0.25, 0.3) is 5.65 Å². The molecule has 0 radical (unpaired) electrons. The van der Waals surface area contributed by atoms with Crippen LogP contribution in [0.1, 0.15) is 27.8 Å². The van der Waals surface area contributed by atoms with Crippen molar-refractivity contribution in [2.24, 2.45) is 0 Å². The van der Waals surface area contributed by atoms with E-state index < -0.39 is 12.1 Å². The molecule has 2 aromatic heterocycles. The van der Waals surface area contributed by atoms with Crippen LogP contribution in [0.5, 0.6) is 0 Å². The Hall–Kier alpha value is -4.27. The molecule has 1 atom stereocenters. The SMILES string of the molecule is CN(C)C(=O)N1CCN(C)C(c2nnc3ccc(C(=O)NCc4cccc(F)c4)cn23)C1.O=C(O)C(F)(F)F. The Labute approximate surface area is 220 Å². The van der Waals surface area contributed by atoms with Gasteiger partial charge in [-0.2, -0.15) is 13.2 Å². The molecular formula is C24H27F4N7O4. The molecule has 0 bridgehead atoms. The summed E-state index contributed by atoms with van der Waals surface area (Å²) in [5.74, 6) is -2.71. The first-order valence-electron chi connectivity index (χ1n) is 11.6. The fourth-order valence-corrected chi connectivity index (χ4v) is 3.81. The first-order chi connectivity index (χ1) is 18.3. The van der Waals surface area contributed by atoms with Crippen LogP contribution in [0.2, 0.25) is 0 Å². The topological polar surface area (TPSA) is 123 Å². The number of hydrogen-bond donors (Lipinski definition) is 2. The molecule has 0 saturated carbocycles. The number of piperazine rings is 1. The lowest BCUT2D eigenvalue weighted by molar-refractivity contribution is -0.192. The first kappa shape index (κ1) is 29.3. The van der Waals surface area contributed by atoms with Crippen LogP contribution < -0.4 is 5.32 Å². The van der Waals surface area contributed by atoms with E-state index in [0.29, 0.717) is 42.2 Å². The summed E-state index contributed by atoms with van der Waals surface area (Å²) in [5, 5.41) is 18.5. The van der Waals surface area contributed by atoms with Crippen molar-refractivity contribution in [3.05, 3.63) is 65.4 Å². The molecule has 3 aromatic rings. The molecule has 39 heavy (non-hydrogen) atoms. The van der Waals surface area contributed by atoms with Gasteiger partial charge in [-0.3, -0.25) is 14.1 Å². The molecule has 1 unspecified atom stereocenters. The maximum absolute atomic E-state index is 13.4. The number of alkyl halides is 3. The summed E-state index contributed by atoms with van der Waals surface area (Å²) in [7, 11) is 5.45. The number of nitrogens with zero attached hydrogens (tertiary/aromatic N) is 6. The zero-order valence-electron chi connectivity index (χ0n) is 21.3. The number of fused-ring (bicyclic) bond motifs is 1. The van der Waals surface area contributed by atoms with Crippen molar-refractivity contribution in [1.82, 2.24) is 34.6 Å². The standard InChI is InChI=1S/C22H26FN7O2.C2HF3O2/c1-27(2)22(32)29-10-9-28(3)18(14-29)20-26-25-19-8-7-16(13-30(19)20)21(31)24-12-15-5-4-6-17(23)11-15;3-2(4,5)1(6)7/h4-8,11,13,18H,9-10,12,14H2,1-3H3,(H,24,31);(H,6,7). The minimum absolute atomic E-state index is 0.0469. The predicted octanol–water partition coefficient (Wildman–Crippen LogP) is 2.40. The molecule has 210 valence electrons. The smallest absolute Gasteiger partial charge is 0.475 e. The monoisotopic (exact) mass is 553 g/mol. The summed E-state index contributed by atoms with van der Waals surface area (Å²) in [4.78, 5) is 39.5. The number of aliphatic carboxylic acids is 1. The first-order valence-corrected chi connectivity index (χ1v) is 11.6. The number of carboxylic acid groups (broad SMARTS) is 1. The number of halogens is 4. The number of likely N-dealkylation sites (N-methyl/N-ethyl adjacent to an activating group) is 1. The number of nitrogens with one attached hydrogen (secondary N) is 1. The lowest BCUT2D eigenvalue weighted by atomic mass is 10.1. The Morgan fingerprint density at radius 2 is 1.82 bits per heavy atom. The van der Waals surface area contributed by atoms with Crippen LogP contribution in [0.4, 0.5) is 22.4 Å². The highest BCUT2D eigenvalue weighted by Gasteiger charge is 2.38. The van der Waals surface area contributed by atoms with Crippen molar-refractivity contribution in [3.8, 4) is 0 Å². The van der Waals surface area contributed by atoms with Crippen molar-refractivity contribution < 1.29 is 37.1 Å². The molecule has 3 heterocycles. The third kappa shape index (κ3) is 7.40.